The van der Waals surface area contributed by atoms with E-state index in [0.29, 0.717) is 6.42 Å². The number of nitrogens with zero attached hydrogens (tertiary/aromatic N) is 2. The molecule has 0 aliphatic carbocycles. The minimum Gasteiger partial charge on any atom is -0.447 e. The van der Waals surface area contributed by atoms with Crippen LogP contribution in [0.5, 0.6) is 0 Å². The number of aryl methyl sites for hydroxylation is 2. The van der Waals surface area contributed by atoms with E-state index in [1.54, 1.807) is 23.2 Å². The van der Waals surface area contributed by atoms with Crippen molar-refractivity contribution in [3.63, 3.8) is 0 Å². The summed E-state index contributed by atoms with van der Waals surface area (Å²) in [5, 5.41) is 4.00. The van der Waals surface area contributed by atoms with Crippen molar-refractivity contribution in [1.29, 1.82) is 0 Å². The number of nitrogens with one attached hydrogen (secondary N) is 1. The molecule has 0 bridgehead atoms. The number of carbonyl (C=O) groups is 2. The van der Waals surface area contributed by atoms with E-state index in [1.807, 2.05) is 46.8 Å². The topological polar surface area (TPSA) is 71.5 Å². The standard InChI is InChI=1S/C21H27N3O3S/c1-11(2)27-21(26)23-18-9-12(3)24(15(6)25)19-8-7-16(10-17(18)19)20-13(4)22-14(5)28-20/h7-8,10-12,18H,9H2,1-6H3,(H,23,26)/t12-,18+/m0/s1. The van der Waals surface area contributed by atoms with Crippen molar-refractivity contribution in [2.45, 2.75) is 66.2 Å². The molecular formula is C21H27N3O3S. The Hall–Kier alpha value is -2.41. The average molecular weight is 402 g/mol. The van der Waals surface area contributed by atoms with Crippen LogP contribution >= 0.6 is 11.3 Å². The fourth-order valence-electron chi connectivity index (χ4n) is 3.81. The molecule has 0 spiro atoms. The molecule has 6 nitrogen and oxygen atoms in total. The minimum absolute atomic E-state index is 0.00507. The van der Waals surface area contributed by atoms with Crippen LogP contribution in [0.1, 0.15) is 56.4 Å². The Morgan fingerprint density at radius 2 is 2.04 bits per heavy atom. The van der Waals surface area contributed by atoms with Crippen molar-refractivity contribution < 1.29 is 14.3 Å². The quantitative estimate of drug-likeness (QED) is 0.806. The third-order valence-electron chi connectivity index (χ3n) is 4.82. The molecule has 150 valence electrons. The molecule has 0 unspecified atom stereocenters. The Bertz CT molecular complexity index is 906. The summed E-state index contributed by atoms with van der Waals surface area (Å²) in [5.74, 6) is -0.00507. The Kier molecular flexibility index (Phi) is 5.74. The minimum atomic E-state index is -0.440. The maximum absolute atomic E-state index is 12.3. The number of amides is 2. The number of thiazole rings is 1. The van der Waals surface area contributed by atoms with Crippen LogP contribution in [-0.2, 0) is 9.53 Å². The first-order valence-corrected chi connectivity index (χ1v) is 10.3. The van der Waals surface area contributed by atoms with E-state index in [2.05, 4.69) is 16.4 Å². The molecule has 7 heteroatoms. The molecule has 1 aliphatic rings. The summed E-state index contributed by atoms with van der Waals surface area (Å²) in [7, 11) is 0. The first-order chi connectivity index (χ1) is 13.2. The SMILES string of the molecule is CC(=O)N1c2ccc(-c3sc(C)nc3C)cc2[C@H](NC(=O)OC(C)C)C[C@@H]1C. The normalized spacial score (nSPS) is 18.8. The van der Waals surface area contributed by atoms with Gasteiger partial charge >= 0.3 is 6.09 Å². The van der Waals surface area contributed by atoms with Crippen LogP contribution in [0.2, 0.25) is 0 Å². The summed E-state index contributed by atoms with van der Waals surface area (Å²) < 4.78 is 5.28. The van der Waals surface area contributed by atoms with E-state index in [-0.39, 0.29) is 24.1 Å². The van der Waals surface area contributed by atoms with Crippen LogP contribution in [0, 0.1) is 13.8 Å². The molecule has 2 amide bonds. The molecular weight excluding hydrogens is 374 g/mol. The molecule has 0 fully saturated rings. The highest BCUT2D eigenvalue weighted by molar-refractivity contribution is 7.15. The van der Waals surface area contributed by atoms with Crippen molar-refractivity contribution in [2.75, 3.05) is 4.90 Å². The molecule has 3 rings (SSSR count). The fraction of sp³-hybridized carbons (Fsp3) is 0.476. The maximum Gasteiger partial charge on any atom is 0.407 e. The average Bonchev–Trinajstić information content (AvgIpc) is 2.91. The van der Waals surface area contributed by atoms with Gasteiger partial charge in [0.25, 0.3) is 0 Å². The second-order valence-electron chi connectivity index (χ2n) is 7.55. The van der Waals surface area contributed by atoms with Crippen LogP contribution in [0.4, 0.5) is 10.5 Å². The molecule has 0 saturated heterocycles. The highest BCUT2D eigenvalue weighted by Gasteiger charge is 2.34. The number of alkyl carbamates (subject to hydrolysis) is 1. The largest absolute Gasteiger partial charge is 0.447 e. The lowest BCUT2D eigenvalue weighted by atomic mass is 9.90. The zero-order valence-corrected chi connectivity index (χ0v) is 18.0. The van der Waals surface area contributed by atoms with Gasteiger partial charge < -0.3 is 15.0 Å². The molecule has 1 aliphatic heterocycles. The number of carbonyl (C=O) groups excluding carboxylic acids is 2. The highest BCUT2D eigenvalue weighted by atomic mass is 32.1. The second-order valence-corrected chi connectivity index (χ2v) is 8.75. The van der Waals surface area contributed by atoms with Crippen LogP contribution in [0.15, 0.2) is 18.2 Å². The Balaban J connectivity index is 2.04. The van der Waals surface area contributed by atoms with Crippen LogP contribution < -0.4 is 10.2 Å². The van der Waals surface area contributed by atoms with E-state index in [1.165, 1.54) is 0 Å². The number of aromatic nitrogens is 1. The van der Waals surface area contributed by atoms with Gasteiger partial charge in [-0.05, 0) is 64.3 Å². The molecule has 2 atom stereocenters. The summed E-state index contributed by atoms with van der Waals surface area (Å²) in [5.41, 5.74) is 3.79. The van der Waals surface area contributed by atoms with Crippen molar-refractivity contribution in [1.82, 2.24) is 10.3 Å². The lowest BCUT2D eigenvalue weighted by molar-refractivity contribution is -0.117. The molecule has 28 heavy (non-hydrogen) atoms. The first kappa shape index (κ1) is 20.3. The van der Waals surface area contributed by atoms with E-state index < -0.39 is 6.09 Å². The van der Waals surface area contributed by atoms with Gasteiger partial charge in [0.2, 0.25) is 5.91 Å². The summed E-state index contributed by atoms with van der Waals surface area (Å²) in [4.78, 5) is 31.9. The van der Waals surface area contributed by atoms with E-state index >= 15 is 0 Å². The predicted octanol–water partition coefficient (Wildman–Crippen LogP) is 4.75. The number of anilines is 1. The smallest absolute Gasteiger partial charge is 0.407 e. The Morgan fingerprint density at radius 1 is 1.32 bits per heavy atom. The van der Waals surface area contributed by atoms with E-state index in [0.717, 1.165) is 32.4 Å². The molecule has 0 saturated carbocycles. The van der Waals surface area contributed by atoms with Crippen LogP contribution in [-0.4, -0.2) is 29.1 Å². The Morgan fingerprint density at radius 3 is 2.61 bits per heavy atom. The number of benzene rings is 1. The number of hydrogen-bond donors (Lipinski definition) is 1. The lowest BCUT2D eigenvalue weighted by Crippen LogP contribution is -2.45. The third kappa shape index (κ3) is 4.04. The molecule has 2 heterocycles. The number of ether oxygens (including phenoxy) is 1. The maximum atomic E-state index is 12.3. The van der Waals surface area contributed by atoms with Gasteiger partial charge in [0.1, 0.15) is 0 Å². The summed E-state index contributed by atoms with van der Waals surface area (Å²) in [6.07, 6.45) is -0.00259. The number of hydrogen-bond acceptors (Lipinski definition) is 5. The van der Waals surface area contributed by atoms with Gasteiger partial charge in [-0.1, -0.05) is 6.07 Å². The zero-order valence-electron chi connectivity index (χ0n) is 17.2. The van der Waals surface area contributed by atoms with Crippen molar-refractivity contribution in [3.8, 4) is 10.4 Å². The third-order valence-corrected chi connectivity index (χ3v) is 5.94. The van der Waals surface area contributed by atoms with Gasteiger partial charge in [-0.25, -0.2) is 9.78 Å². The monoisotopic (exact) mass is 401 g/mol. The van der Waals surface area contributed by atoms with E-state index in [4.69, 9.17) is 4.74 Å². The van der Waals surface area contributed by atoms with Gasteiger partial charge in [0.05, 0.1) is 27.7 Å². The molecule has 2 aromatic rings. The van der Waals surface area contributed by atoms with E-state index in [9.17, 15) is 9.59 Å². The Labute approximate surface area is 169 Å². The second kappa shape index (κ2) is 7.91. The van der Waals surface area contributed by atoms with Crippen molar-refractivity contribution >= 4 is 29.0 Å². The summed E-state index contributed by atoms with van der Waals surface area (Å²) in [6, 6.07) is 5.82. The molecule has 1 N–H and O–H groups in total. The highest BCUT2D eigenvalue weighted by Crippen LogP contribution is 2.41. The van der Waals surface area contributed by atoms with Gasteiger partial charge in [0, 0.05) is 18.7 Å². The zero-order chi connectivity index (χ0) is 20.6. The molecule has 1 aromatic heterocycles. The number of fused-ring (bicyclic) bond motifs is 1. The molecule has 0 radical (unpaired) electrons. The molecule has 1 aromatic carbocycles. The predicted molar refractivity (Wildman–Crippen MR) is 112 cm³/mol. The summed E-state index contributed by atoms with van der Waals surface area (Å²) >= 11 is 1.65. The van der Waals surface area contributed by atoms with Gasteiger partial charge in [-0.2, -0.15) is 0 Å². The van der Waals surface area contributed by atoms with Crippen molar-refractivity contribution in [2.24, 2.45) is 0 Å². The lowest BCUT2D eigenvalue weighted by Gasteiger charge is -2.39. The number of rotatable bonds is 3. The first-order valence-electron chi connectivity index (χ1n) is 9.52. The van der Waals surface area contributed by atoms with Crippen LogP contribution in [0.25, 0.3) is 10.4 Å². The van der Waals surface area contributed by atoms with Gasteiger partial charge in [-0.3, -0.25) is 4.79 Å². The van der Waals surface area contributed by atoms with Gasteiger partial charge in [0.15, 0.2) is 0 Å². The summed E-state index contributed by atoms with van der Waals surface area (Å²) in [6.45, 7) is 11.2. The van der Waals surface area contributed by atoms with Gasteiger partial charge in [-0.15, -0.1) is 11.3 Å². The fourth-order valence-corrected chi connectivity index (χ4v) is 4.73. The van der Waals surface area contributed by atoms with Crippen molar-refractivity contribution in [3.05, 3.63) is 34.5 Å². The van der Waals surface area contributed by atoms with Crippen LogP contribution in [0.3, 0.4) is 0 Å².